The molecule has 2 aliphatic rings. The number of hydrogen-bond donors (Lipinski definition) is 2. The molecule has 0 aromatic carbocycles. The SMILES string of the molecule is O=C(Cc1cccs1)NC1C(=O)N2C(C(=O)O)=C(CF)CS[C@@H]12. The van der Waals surface area contributed by atoms with E-state index in [0.29, 0.717) is 0 Å². The number of aliphatic carboxylic acids is 1. The lowest BCUT2D eigenvalue weighted by molar-refractivity contribution is -0.150. The molecule has 1 unspecified atom stereocenters. The fourth-order valence-electron chi connectivity index (χ4n) is 2.58. The number of thiophene rings is 1. The maximum atomic E-state index is 12.9. The van der Waals surface area contributed by atoms with Crippen LogP contribution in [0.5, 0.6) is 0 Å². The number of carboxylic acids is 1. The number of amides is 2. The number of alkyl halides is 1. The summed E-state index contributed by atoms with van der Waals surface area (Å²) < 4.78 is 12.9. The van der Waals surface area contributed by atoms with E-state index < -0.39 is 30.0 Å². The number of carbonyl (C=O) groups excluding carboxylic acids is 2. The van der Waals surface area contributed by atoms with Crippen molar-refractivity contribution in [3.8, 4) is 0 Å². The Morgan fingerprint density at radius 1 is 1.48 bits per heavy atom. The predicted molar refractivity (Wildman–Crippen MR) is 83.7 cm³/mol. The summed E-state index contributed by atoms with van der Waals surface area (Å²) in [6.45, 7) is -0.902. The van der Waals surface area contributed by atoms with Gasteiger partial charge in [-0.25, -0.2) is 9.18 Å². The molecule has 6 nitrogen and oxygen atoms in total. The molecule has 0 aliphatic carbocycles. The van der Waals surface area contributed by atoms with Crippen molar-refractivity contribution in [1.29, 1.82) is 0 Å². The van der Waals surface area contributed by atoms with Crippen LogP contribution in [0.15, 0.2) is 28.8 Å². The average molecular weight is 356 g/mol. The molecular formula is C14H13FN2O4S2. The number of halogens is 1. The van der Waals surface area contributed by atoms with Crippen LogP contribution in [0.2, 0.25) is 0 Å². The van der Waals surface area contributed by atoms with Crippen molar-refractivity contribution in [2.24, 2.45) is 0 Å². The number of fused-ring (bicyclic) bond motifs is 1. The van der Waals surface area contributed by atoms with Gasteiger partial charge in [0.15, 0.2) is 0 Å². The van der Waals surface area contributed by atoms with Gasteiger partial charge in [0.25, 0.3) is 5.91 Å². The second-order valence-electron chi connectivity index (χ2n) is 5.10. The van der Waals surface area contributed by atoms with Gasteiger partial charge in [0.05, 0.1) is 6.42 Å². The van der Waals surface area contributed by atoms with Gasteiger partial charge in [0, 0.05) is 16.2 Å². The van der Waals surface area contributed by atoms with Crippen molar-refractivity contribution in [1.82, 2.24) is 10.2 Å². The first kappa shape index (κ1) is 16.0. The van der Waals surface area contributed by atoms with E-state index in [4.69, 9.17) is 0 Å². The summed E-state index contributed by atoms with van der Waals surface area (Å²) in [6.07, 6.45) is 0.177. The van der Waals surface area contributed by atoms with E-state index in [2.05, 4.69) is 5.32 Å². The molecule has 3 rings (SSSR count). The quantitative estimate of drug-likeness (QED) is 0.769. The molecule has 0 bridgehead atoms. The van der Waals surface area contributed by atoms with Crippen LogP contribution in [-0.4, -0.2) is 51.6 Å². The molecule has 0 saturated carbocycles. The summed E-state index contributed by atoms with van der Waals surface area (Å²) >= 11 is 2.71. The largest absolute Gasteiger partial charge is 0.477 e. The van der Waals surface area contributed by atoms with Gasteiger partial charge < -0.3 is 10.4 Å². The molecular weight excluding hydrogens is 343 g/mol. The first-order chi connectivity index (χ1) is 11.0. The molecule has 1 aromatic rings. The first-order valence-corrected chi connectivity index (χ1v) is 8.73. The van der Waals surface area contributed by atoms with Gasteiger partial charge in [-0.2, -0.15) is 0 Å². The minimum atomic E-state index is -1.32. The molecule has 2 aliphatic heterocycles. The number of thioether (sulfide) groups is 1. The highest BCUT2D eigenvalue weighted by Crippen LogP contribution is 2.40. The van der Waals surface area contributed by atoms with Gasteiger partial charge in [-0.1, -0.05) is 6.07 Å². The van der Waals surface area contributed by atoms with Crippen LogP contribution in [0, 0.1) is 0 Å². The molecule has 122 valence electrons. The molecule has 1 aromatic heterocycles. The van der Waals surface area contributed by atoms with Crippen LogP contribution in [0.1, 0.15) is 4.88 Å². The topological polar surface area (TPSA) is 86.7 Å². The van der Waals surface area contributed by atoms with Crippen molar-refractivity contribution in [2.75, 3.05) is 12.4 Å². The normalized spacial score (nSPS) is 23.3. The van der Waals surface area contributed by atoms with Gasteiger partial charge in [-0.15, -0.1) is 23.1 Å². The number of β-lactam (4-membered cyclic amide) rings is 1. The number of carbonyl (C=O) groups is 3. The Hall–Kier alpha value is -1.87. The number of rotatable bonds is 5. The Bertz CT molecular complexity index is 689. The van der Waals surface area contributed by atoms with Crippen LogP contribution in [0.4, 0.5) is 4.39 Å². The minimum Gasteiger partial charge on any atom is -0.477 e. The van der Waals surface area contributed by atoms with Crippen LogP contribution < -0.4 is 5.32 Å². The lowest BCUT2D eigenvalue weighted by atomic mass is 10.0. The lowest BCUT2D eigenvalue weighted by Gasteiger charge is -2.49. The number of carboxylic acid groups (broad SMARTS) is 1. The van der Waals surface area contributed by atoms with Crippen molar-refractivity contribution >= 4 is 40.9 Å². The fourth-order valence-corrected chi connectivity index (χ4v) is 4.61. The highest BCUT2D eigenvalue weighted by Gasteiger charge is 2.54. The lowest BCUT2D eigenvalue weighted by Crippen LogP contribution is -2.70. The summed E-state index contributed by atoms with van der Waals surface area (Å²) in [6, 6.07) is 2.90. The van der Waals surface area contributed by atoms with Crippen molar-refractivity contribution in [2.45, 2.75) is 17.8 Å². The van der Waals surface area contributed by atoms with Crippen LogP contribution >= 0.6 is 23.1 Å². The Morgan fingerprint density at radius 3 is 2.87 bits per heavy atom. The van der Waals surface area contributed by atoms with E-state index in [9.17, 15) is 23.9 Å². The zero-order chi connectivity index (χ0) is 16.6. The number of nitrogens with one attached hydrogen (secondary N) is 1. The highest BCUT2D eigenvalue weighted by atomic mass is 32.2. The summed E-state index contributed by atoms with van der Waals surface area (Å²) in [7, 11) is 0. The van der Waals surface area contributed by atoms with Crippen molar-refractivity contribution in [3.63, 3.8) is 0 Å². The van der Waals surface area contributed by atoms with Crippen molar-refractivity contribution < 1.29 is 23.9 Å². The summed E-state index contributed by atoms with van der Waals surface area (Å²) in [5, 5.41) is 13.2. The van der Waals surface area contributed by atoms with Crippen molar-refractivity contribution in [3.05, 3.63) is 33.7 Å². The Kier molecular flexibility index (Phi) is 4.40. The minimum absolute atomic E-state index is 0.0930. The van der Waals surface area contributed by atoms with Gasteiger partial charge >= 0.3 is 5.97 Å². The molecule has 1 fully saturated rings. The molecule has 2 N–H and O–H groups in total. The smallest absolute Gasteiger partial charge is 0.352 e. The molecule has 0 spiro atoms. The van der Waals surface area contributed by atoms with Crippen LogP contribution in [-0.2, 0) is 20.8 Å². The summed E-state index contributed by atoms with van der Waals surface area (Å²) in [5.74, 6) is -1.92. The predicted octanol–water partition coefficient (Wildman–Crippen LogP) is 0.999. The molecule has 2 atom stereocenters. The maximum Gasteiger partial charge on any atom is 0.352 e. The van der Waals surface area contributed by atoms with Crippen LogP contribution in [0.3, 0.4) is 0 Å². The second kappa shape index (κ2) is 6.32. The third kappa shape index (κ3) is 2.86. The molecule has 0 radical (unpaired) electrons. The fraction of sp³-hybridized carbons (Fsp3) is 0.357. The van der Waals surface area contributed by atoms with Gasteiger partial charge in [0.1, 0.15) is 23.8 Å². The monoisotopic (exact) mass is 356 g/mol. The summed E-state index contributed by atoms with van der Waals surface area (Å²) in [5.41, 5.74) is -0.194. The van der Waals surface area contributed by atoms with Crippen LogP contribution in [0.25, 0.3) is 0 Å². The Morgan fingerprint density at radius 2 is 2.26 bits per heavy atom. The van der Waals surface area contributed by atoms with Gasteiger partial charge in [0.2, 0.25) is 5.91 Å². The third-order valence-corrected chi connectivity index (χ3v) is 5.86. The maximum absolute atomic E-state index is 12.9. The highest BCUT2D eigenvalue weighted by molar-refractivity contribution is 8.00. The molecule has 2 amide bonds. The molecule has 1 saturated heterocycles. The Balaban J connectivity index is 1.69. The van der Waals surface area contributed by atoms with Gasteiger partial charge in [-0.3, -0.25) is 14.5 Å². The van der Waals surface area contributed by atoms with E-state index in [1.54, 1.807) is 0 Å². The standard InChI is InChI=1S/C14H13FN2O4S2/c15-5-7-6-23-13-10(12(19)17(13)11(7)14(20)21)16-9(18)4-8-2-1-3-22-8/h1-3,10,13H,4-6H2,(H,16,18)(H,20,21)/t10?,13-/m0/s1. The molecule has 9 heteroatoms. The number of hydrogen-bond acceptors (Lipinski definition) is 5. The average Bonchev–Trinajstić information content (AvgIpc) is 3.03. The first-order valence-electron chi connectivity index (χ1n) is 6.80. The number of nitrogens with zero attached hydrogens (tertiary/aromatic N) is 1. The zero-order valence-corrected chi connectivity index (χ0v) is 13.5. The van der Waals surface area contributed by atoms with E-state index in [1.165, 1.54) is 23.1 Å². The van der Waals surface area contributed by atoms with E-state index >= 15 is 0 Å². The second-order valence-corrected chi connectivity index (χ2v) is 7.24. The van der Waals surface area contributed by atoms with E-state index in [1.807, 2.05) is 17.5 Å². The molecule has 23 heavy (non-hydrogen) atoms. The van der Waals surface area contributed by atoms with E-state index in [-0.39, 0.29) is 29.4 Å². The van der Waals surface area contributed by atoms with Gasteiger partial charge in [-0.05, 0) is 11.4 Å². The van der Waals surface area contributed by atoms with E-state index in [0.717, 1.165) is 9.78 Å². The zero-order valence-electron chi connectivity index (χ0n) is 11.8. The Labute approximate surface area is 139 Å². The third-order valence-electron chi connectivity index (χ3n) is 3.64. The molecule has 3 heterocycles. The summed E-state index contributed by atoms with van der Waals surface area (Å²) in [4.78, 5) is 37.4.